The smallest absolute Gasteiger partial charge is 0.265 e. The number of ether oxygens (including phenoxy) is 4. The van der Waals surface area contributed by atoms with E-state index in [1.807, 2.05) is 12.1 Å². The van der Waals surface area contributed by atoms with Crippen LogP contribution in [0.4, 0.5) is 5.69 Å². The molecule has 0 spiro atoms. The number of nitrogens with zero attached hydrogens (tertiary/aromatic N) is 1. The molecule has 0 saturated carbocycles. The quantitative estimate of drug-likeness (QED) is 0.822. The maximum absolute atomic E-state index is 13.4. The number of amides is 1. The molecule has 1 aliphatic heterocycles. The van der Waals surface area contributed by atoms with Gasteiger partial charge in [-0.2, -0.15) is 0 Å². The fourth-order valence-corrected chi connectivity index (χ4v) is 3.34. The third kappa shape index (κ3) is 3.03. The first kappa shape index (κ1) is 17.9. The molecule has 3 rings (SSSR count). The van der Waals surface area contributed by atoms with E-state index < -0.39 is 0 Å². The minimum absolute atomic E-state index is 0.171. The van der Waals surface area contributed by atoms with Crippen LogP contribution in [0, 0.1) is 0 Å². The number of methoxy groups -OCH3 is 4. The summed E-state index contributed by atoms with van der Waals surface area (Å²) in [4.78, 5) is 15.1. The number of rotatable bonds is 5. The van der Waals surface area contributed by atoms with E-state index in [0.717, 1.165) is 29.8 Å². The van der Waals surface area contributed by atoms with Crippen molar-refractivity contribution in [2.45, 2.75) is 12.8 Å². The molecule has 0 fully saturated rings. The second-order valence-corrected chi connectivity index (χ2v) is 5.93. The molecule has 2 aromatic rings. The Kier molecular flexibility index (Phi) is 5.21. The summed E-state index contributed by atoms with van der Waals surface area (Å²) in [5.74, 6) is 2.17. The molecule has 0 aliphatic carbocycles. The summed E-state index contributed by atoms with van der Waals surface area (Å²) in [6.07, 6.45) is 1.69. The highest BCUT2D eigenvalue weighted by Crippen LogP contribution is 2.40. The van der Waals surface area contributed by atoms with Gasteiger partial charge in [0.25, 0.3) is 5.91 Å². The van der Waals surface area contributed by atoms with Crippen LogP contribution in [0.25, 0.3) is 0 Å². The Balaban J connectivity index is 2.12. The number of hydrogen-bond donors (Lipinski definition) is 0. The Morgan fingerprint density at radius 2 is 1.58 bits per heavy atom. The monoisotopic (exact) mass is 357 g/mol. The molecule has 6 nitrogen and oxygen atoms in total. The first-order valence-corrected chi connectivity index (χ1v) is 8.42. The molecule has 1 aliphatic rings. The van der Waals surface area contributed by atoms with E-state index in [9.17, 15) is 4.79 Å². The van der Waals surface area contributed by atoms with Crippen LogP contribution in [-0.4, -0.2) is 40.9 Å². The van der Waals surface area contributed by atoms with Crippen molar-refractivity contribution in [2.75, 3.05) is 39.9 Å². The van der Waals surface area contributed by atoms with Gasteiger partial charge in [-0.15, -0.1) is 0 Å². The van der Waals surface area contributed by atoms with Gasteiger partial charge in [-0.1, -0.05) is 6.07 Å². The van der Waals surface area contributed by atoms with Crippen LogP contribution in [0.2, 0.25) is 0 Å². The molecule has 0 atom stereocenters. The van der Waals surface area contributed by atoms with Crippen molar-refractivity contribution < 1.29 is 23.7 Å². The van der Waals surface area contributed by atoms with Crippen LogP contribution in [0.15, 0.2) is 30.3 Å². The normalized spacial score (nSPS) is 13.0. The summed E-state index contributed by atoms with van der Waals surface area (Å²) in [5.41, 5.74) is 2.21. The molecule has 1 amide bonds. The third-order valence-corrected chi connectivity index (χ3v) is 4.60. The standard InChI is InChI=1S/C20H23NO5/c1-23-13-11-15-14(18(12-13)26-4)7-6-10-21(15)20(22)19-16(24-2)8-5-9-17(19)25-3/h5,8-9,11-12H,6-7,10H2,1-4H3. The molecule has 138 valence electrons. The van der Waals surface area contributed by atoms with Crippen molar-refractivity contribution in [1.82, 2.24) is 0 Å². The van der Waals surface area contributed by atoms with E-state index >= 15 is 0 Å². The predicted molar refractivity (Wildman–Crippen MR) is 99.1 cm³/mol. The molecular formula is C20H23NO5. The summed E-state index contributed by atoms with van der Waals surface area (Å²) in [7, 11) is 6.31. The second-order valence-electron chi connectivity index (χ2n) is 5.93. The van der Waals surface area contributed by atoms with Gasteiger partial charge >= 0.3 is 0 Å². The average Bonchev–Trinajstić information content (AvgIpc) is 2.70. The zero-order chi connectivity index (χ0) is 18.7. The average molecular weight is 357 g/mol. The predicted octanol–water partition coefficient (Wildman–Crippen LogP) is 3.31. The van der Waals surface area contributed by atoms with Gasteiger partial charge in [-0.05, 0) is 25.0 Å². The van der Waals surface area contributed by atoms with E-state index in [-0.39, 0.29) is 5.91 Å². The van der Waals surface area contributed by atoms with Crippen molar-refractivity contribution in [1.29, 1.82) is 0 Å². The molecule has 0 N–H and O–H groups in total. The third-order valence-electron chi connectivity index (χ3n) is 4.60. The Morgan fingerprint density at radius 3 is 2.15 bits per heavy atom. The maximum atomic E-state index is 13.4. The van der Waals surface area contributed by atoms with E-state index in [4.69, 9.17) is 18.9 Å². The Bertz CT molecular complexity index is 796. The number of carbonyl (C=O) groups excluding carboxylic acids is 1. The van der Waals surface area contributed by atoms with Gasteiger partial charge in [0, 0.05) is 24.2 Å². The van der Waals surface area contributed by atoms with Crippen molar-refractivity contribution in [3.05, 3.63) is 41.5 Å². The van der Waals surface area contributed by atoms with Gasteiger partial charge in [0.05, 0.1) is 34.1 Å². The molecule has 2 aromatic carbocycles. The van der Waals surface area contributed by atoms with E-state index in [1.54, 1.807) is 51.5 Å². The van der Waals surface area contributed by atoms with E-state index in [2.05, 4.69) is 0 Å². The first-order valence-electron chi connectivity index (χ1n) is 8.42. The minimum Gasteiger partial charge on any atom is -0.497 e. The Hall–Kier alpha value is -2.89. The fraction of sp³-hybridized carbons (Fsp3) is 0.350. The highest BCUT2D eigenvalue weighted by Gasteiger charge is 2.30. The molecule has 0 bridgehead atoms. The summed E-state index contributed by atoms with van der Waals surface area (Å²) >= 11 is 0. The largest absolute Gasteiger partial charge is 0.497 e. The van der Waals surface area contributed by atoms with Gasteiger partial charge in [-0.3, -0.25) is 4.79 Å². The number of fused-ring (bicyclic) bond motifs is 1. The van der Waals surface area contributed by atoms with Gasteiger partial charge < -0.3 is 23.8 Å². The fourth-order valence-electron chi connectivity index (χ4n) is 3.34. The summed E-state index contributed by atoms with van der Waals surface area (Å²) in [6, 6.07) is 9.03. The van der Waals surface area contributed by atoms with Crippen LogP contribution >= 0.6 is 0 Å². The van der Waals surface area contributed by atoms with Crippen molar-refractivity contribution in [3.8, 4) is 23.0 Å². The van der Waals surface area contributed by atoms with Gasteiger partial charge in [-0.25, -0.2) is 0 Å². The van der Waals surface area contributed by atoms with Crippen LogP contribution in [-0.2, 0) is 6.42 Å². The minimum atomic E-state index is -0.171. The molecular weight excluding hydrogens is 334 g/mol. The van der Waals surface area contributed by atoms with E-state index in [0.29, 0.717) is 29.4 Å². The number of carbonyl (C=O) groups is 1. The Labute approximate surface area is 153 Å². The lowest BCUT2D eigenvalue weighted by Gasteiger charge is -2.31. The first-order chi connectivity index (χ1) is 12.6. The lowest BCUT2D eigenvalue weighted by Crippen LogP contribution is -2.36. The van der Waals surface area contributed by atoms with Gasteiger partial charge in [0.2, 0.25) is 0 Å². The molecule has 0 unspecified atom stereocenters. The summed E-state index contributed by atoms with van der Waals surface area (Å²) in [6.45, 7) is 0.601. The SMILES string of the molecule is COc1cc(OC)c2c(c1)N(C(=O)c1c(OC)cccc1OC)CCC2. The van der Waals surface area contributed by atoms with Crippen molar-refractivity contribution in [3.63, 3.8) is 0 Å². The maximum Gasteiger partial charge on any atom is 0.265 e. The molecule has 1 heterocycles. The van der Waals surface area contributed by atoms with Gasteiger partial charge in [0.15, 0.2) is 0 Å². The second kappa shape index (κ2) is 7.56. The van der Waals surface area contributed by atoms with Crippen LogP contribution in [0.5, 0.6) is 23.0 Å². The molecule has 0 saturated heterocycles. The lowest BCUT2D eigenvalue weighted by molar-refractivity contribution is 0.0979. The van der Waals surface area contributed by atoms with Crippen LogP contribution in [0.1, 0.15) is 22.3 Å². The van der Waals surface area contributed by atoms with Crippen LogP contribution in [0.3, 0.4) is 0 Å². The van der Waals surface area contributed by atoms with Crippen LogP contribution < -0.4 is 23.8 Å². The Morgan fingerprint density at radius 1 is 0.923 bits per heavy atom. The zero-order valence-corrected chi connectivity index (χ0v) is 15.5. The number of benzene rings is 2. The van der Waals surface area contributed by atoms with Gasteiger partial charge in [0.1, 0.15) is 28.6 Å². The summed E-state index contributed by atoms with van der Waals surface area (Å²) in [5, 5.41) is 0. The lowest BCUT2D eigenvalue weighted by atomic mass is 9.98. The van der Waals surface area contributed by atoms with Crippen molar-refractivity contribution in [2.24, 2.45) is 0 Å². The number of hydrogen-bond acceptors (Lipinski definition) is 5. The molecule has 0 radical (unpaired) electrons. The van der Waals surface area contributed by atoms with Crippen molar-refractivity contribution >= 4 is 11.6 Å². The molecule has 26 heavy (non-hydrogen) atoms. The summed E-state index contributed by atoms with van der Waals surface area (Å²) < 4.78 is 21.7. The highest BCUT2D eigenvalue weighted by atomic mass is 16.5. The van der Waals surface area contributed by atoms with E-state index in [1.165, 1.54) is 0 Å². The zero-order valence-electron chi connectivity index (χ0n) is 15.5. The number of anilines is 1. The molecule has 0 aromatic heterocycles. The highest BCUT2D eigenvalue weighted by molar-refractivity contribution is 6.10. The molecule has 6 heteroatoms. The topological polar surface area (TPSA) is 57.2 Å².